The summed E-state index contributed by atoms with van der Waals surface area (Å²) in [5.74, 6) is 0.311. The van der Waals surface area contributed by atoms with E-state index in [1.54, 1.807) is 12.1 Å². The summed E-state index contributed by atoms with van der Waals surface area (Å²) >= 11 is 0. The maximum Gasteiger partial charge on any atom is 0.165 e. The zero-order valence-electron chi connectivity index (χ0n) is 5.20. The summed E-state index contributed by atoms with van der Waals surface area (Å²) in [4.78, 5) is 3.68. The van der Waals surface area contributed by atoms with Gasteiger partial charge in [0.1, 0.15) is 11.9 Å². The number of hydrogen-bond donors (Lipinski definition) is 2. The van der Waals surface area contributed by atoms with Gasteiger partial charge >= 0.3 is 0 Å². The average molecular weight is 134 g/mol. The molecule has 0 bridgehead atoms. The third kappa shape index (κ3) is 0.977. The predicted molar refractivity (Wildman–Crippen MR) is 37.8 cm³/mol. The third-order valence-electron chi connectivity index (χ3n) is 1.05. The van der Waals surface area contributed by atoms with E-state index in [1.807, 2.05) is 6.07 Å². The Hall–Kier alpha value is -1.76. The molecule has 0 spiro atoms. The second-order valence-corrected chi connectivity index (χ2v) is 1.79. The molecule has 0 saturated carbocycles. The fourth-order valence-corrected chi connectivity index (χ4v) is 0.575. The molecular formula is C6H6N4. The lowest BCUT2D eigenvalue weighted by atomic mass is 10.3. The lowest BCUT2D eigenvalue weighted by Crippen LogP contribution is -1.97. The number of nitrogens with zero attached hydrogens (tertiary/aromatic N) is 2. The Morgan fingerprint density at radius 1 is 1.40 bits per heavy atom. The highest BCUT2D eigenvalue weighted by atomic mass is 14.9. The van der Waals surface area contributed by atoms with Gasteiger partial charge in [0.15, 0.2) is 5.69 Å². The van der Waals surface area contributed by atoms with Gasteiger partial charge in [0.2, 0.25) is 0 Å². The highest BCUT2D eigenvalue weighted by Gasteiger charge is 1.97. The minimum Gasteiger partial charge on any atom is -0.396 e. The van der Waals surface area contributed by atoms with Crippen LogP contribution in [-0.4, -0.2) is 4.98 Å². The van der Waals surface area contributed by atoms with Crippen LogP contribution in [0.5, 0.6) is 0 Å². The van der Waals surface area contributed by atoms with Crippen LogP contribution in [0.3, 0.4) is 0 Å². The minimum absolute atomic E-state index is 0.181. The summed E-state index contributed by atoms with van der Waals surface area (Å²) in [6.07, 6.45) is 0. The number of anilines is 2. The molecule has 0 aliphatic heterocycles. The Bertz CT molecular complexity index is 286. The molecule has 0 aromatic carbocycles. The van der Waals surface area contributed by atoms with Crippen molar-refractivity contribution < 1.29 is 0 Å². The van der Waals surface area contributed by atoms with Gasteiger partial charge in [-0.15, -0.1) is 0 Å². The van der Waals surface area contributed by atoms with E-state index < -0.39 is 0 Å². The van der Waals surface area contributed by atoms with E-state index in [4.69, 9.17) is 16.7 Å². The number of nitrogens with two attached hydrogens (primary N) is 2. The number of hydrogen-bond acceptors (Lipinski definition) is 4. The van der Waals surface area contributed by atoms with Crippen molar-refractivity contribution in [2.24, 2.45) is 0 Å². The molecule has 4 N–H and O–H groups in total. The number of nitrogen functional groups attached to an aromatic ring is 2. The number of pyridine rings is 1. The molecular weight excluding hydrogens is 128 g/mol. The summed E-state index contributed by atoms with van der Waals surface area (Å²) in [6, 6.07) is 4.93. The van der Waals surface area contributed by atoms with Crippen LogP contribution >= 0.6 is 0 Å². The zero-order valence-corrected chi connectivity index (χ0v) is 5.20. The highest BCUT2D eigenvalue weighted by Crippen LogP contribution is 2.08. The minimum atomic E-state index is 0.181. The highest BCUT2D eigenvalue weighted by molar-refractivity contribution is 5.53. The average Bonchev–Trinajstić information content (AvgIpc) is 1.94. The van der Waals surface area contributed by atoms with Crippen LogP contribution < -0.4 is 11.5 Å². The van der Waals surface area contributed by atoms with E-state index >= 15 is 0 Å². The maximum atomic E-state index is 8.39. The third-order valence-corrected chi connectivity index (χ3v) is 1.05. The van der Waals surface area contributed by atoms with E-state index in [1.165, 1.54) is 0 Å². The molecule has 0 unspecified atom stereocenters. The van der Waals surface area contributed by atoms with Crippen molar-refractivity contribution in [1.29, 1.82) is 5.26 Å². The van der Waals surface area contributed by atoms with Gasteiger partial charge in [0.05, 0.1) is 5.69 Å². The molecule has 10 heavy (non-hydrogen) atoms. The van der Waals surface area contributed by atoms with Crippen LogP contribution in [0, 0.1) is 11.3 Å². The van der Waals surface area contributed by atoms with Crippen molar-refractivity contribution in [2.45, 2.75) is 0 Å². The molecule has 0 aliphatic rings. The normalized spacial score (nSPS) is 8.70. The van der Waals surface area contributed by atoms with Gasteiger partial charge in [-0.1, -0.05) is 0 Å². The van der Waals surface area contributed by atoms with Crippen molar-refractivity contribution in [3.8, 4) is 6.07 Å². The number of aromatic nitrogens is 1. The van der Waals surface area contributed by atoms with Crippen molar-refractivity contribution in [1.82, 2.24) is 4.98 Å². The molecule has 0 fully saturated rings. The van der Waals surface area contributed by atoms with E-state index in [0.717, 1.165) is 0 Å². The Morgan fingerprint density at radius 3 is 2.60 bits per heavy atom. The molecule has 1 aromatic heterocycles. The first-order chi connectivity index (χ1) is 4.74. The summed E-state index contributed by atoms with van der Waals surface area (Å²) in [5, 5.41) is 8.39. The number of nitriles is 1. The molecule has 1 rings (SSSR count). The summed E-state index contributed by atoms with van der Waals surface area (Å²) < 4.78 is 0. The molecule has 1 heterocycles. The fraction of sp³-hybridized carbons (Fsp3) is 0. The molecule has 0 amide bonds. The predicted octanol–water partition coefficient (Wildman–Crippen LogP) is 0.118. The standard InChI is InChI=1S/C6H6N4/c7-3-5-4(8)1-2-6(9)10-5/h1-2H,8H2,(H2,9,10). The van der Waals surface area contributed by atoms with Gasteiger partial charge in [-0.2, -0.15) is 5.26 Å². The van der Waals surface area contributed by atoms with E-state index in [2.05, 4.69) is 4.98 Å². The molecule has 4 heteroatoms. The smallest absolute Gasteiger partial charge is 0.165 e. The van der Waals surface area contributed by atoms with Crippen LogP contribution in [0.2, 0.25) is 0 Å². The van der Waals surface area contributed by atoms with E-state index in [-0.39, 0.29) is 5.69 Å². The van der Waals surface area contributed by atoms with Crippen LogP contribution in [0.25, 0.3) is 0 Å². The molecule has 0 aliphatic carbocycles. The first-order valence-electron chi connectivity index (χ1n) is 2.66. The van der Waals surface area contributed by atoms with Crippen LogP contribution in [-0.2, 0) is 0 Å². The fourth-order valence-electron chi connectivity index (χ4n) is 0.575. The van der Waals surface area contributed by atoms with Gasteiger partial charge in [-0.05, 0) is 12.1 Å². The van der Waals surface area contributed by atoms with Crippen LogP contribution in [0.4, 0.5) is 11.5 Å². The second kappa shape index (κ2) is 2.23. The molecule has 4 nitrogen and oxygen atoms in total. The Balaban J connectivity index is 3.25. The zero-order chi connectivity index (χ0) is 7.56. The first-order valence-corrected chi connectivity index (χ1v) is 2.66. The quantitative estimate of drug-likeness (QED) is 0.527. The maximum absolute atomic E-state index is 8.39. The largest absolute Gasteiger partial charge is 0.396 e. The molecule has 50 valence electrons. The topological polar surface area (TPSA) is 88.7 Å². The number of rotatable bonds is 0. The molecule has 0 saturated heterocycles. The second-order valence-electron chi connectivity index (χ2n) is 1.79. The summed E-state index contributed by atoms with van der Waals surface area (Å²) in [5.41, 5.74) is 11.2. The Morgan fingerprint density at radius 2 is 2.10 bits per heavy atom. The van der Waals surface area contributed by atoms with Gasteiger partial charge in [0, 0.05) is 0 Å². The van der Waals surface area contributed by atoms with E-state index in [9.17, 15) is 0 Å². The Kier molecular flexibility index (Phi) is 1.42. The summed E-state index contributed by atoms with van der Waals surface area (Å²) in [6.45, 7) is 0. The first kappa shape index (κ1) is 6.36. The lowest BCUT2D eigenvalue weighted by Gasteiger charge is -1.95. The molecule has 0 atom stereocenters. The molecule has 1 aromatic rings. The monoisotopic (exact) mass is 134 g/mol. The van der Waals surface area contributed by atoms with Crippen molar-refractivity contribution in [2.75, 3.05) is 11.5 Å². The van der Waals surface area contributed by atoms with Crippen LogP contribution in [0.1, 0.15) is 5.69 Å². The van der Waals surface area contributed by atoms with Crippen molar-refractivity contribution in [3.63, 3.8) is 0 Å². The SMILES string of the molecule is N#Cc1nc(N)ccc1N. The van der Waals surface area contributed by atoms with E-state index in [0.29, 0.717) is 11.5 Å². The summed E-state index contributed by atoms with van der Waals surface area (Å²) in [7, 11) is 0. The van der Waals surface area contributed by atoms with Crippen molar-refractivity contribution in [3.05, 3.63) is 17.8 Å². The van der Waals surface area contributed by atoms with Gasteiger partial charge in [-0.25, -0.2) is 4.98 Å². The van der Waals surface area contributed by atoms with Crippen LogP contribution in [0.15, 0.2) is 12.1 Å². The Labute approximate surface area is 58.1 Å². The van der Waals surface area contributed by atoms with Gasteiger partial charge < -0.3 is 11.5 Å². The van der Waals surface area contributed by atoms with Gasteiger partial charge in [0.25, 0.3) is 0 Å². The van der Waals surface area contributed by atoms with Crippen molar-refractivity contribution >= 4 is 11.5 Å². The van der Waals surface area contributed by atoms with Gasteiger partial charge in [-0.3, -0.25) is 0 Å². The molecule has 0 radical (unpaired) electrons. The lowest BCUT2D eigenvalue weighted by molar-refractivity contribution is 1.28.